The molecular formula is C4H3BrN6O. The van der Waals surface area contributed by atoms with Gasteiger partial charge in [-0.05, 0) is 26.6 Å². The summed E-state index contributed by atoms with van der Waals surface area (Å²) in [5.74, 6) is -0.711. The molecule has 7 nitrogen and oxygen atoms in total. The summed E-state index contributed by atoms with van der Waals surface area (Å²) in [5.41, 5.74) is 8.12. The van der Waals surface area contributed by atoms with Gasteiger partial charge in [0.25, 0.3) is 5.91 Å². The van der Waals surface area contributed by atoms with E-state index in [1.54, 1.807) is 0 Å². The van der Waals surface area contributed by atoms with Crippen molar-refractivity contribution in [2.75, 3.05) is 0 Å². The number of aromatic nitrogens is 3. The molecule has 0 radical (unpaired) electrons. The van der Waals surface area contributed by atoms with Crippen LogP contribution in [0.2, 0.25) is 0 Å². The van der Waals surface area contributed by atoms with Crippen LogP contribution in [0.15, 0.2) is 9.72 Å². The number of amides is 1. The Bertz CT molecular complexity index is 344. The lowest BCUT2D eigenvalue weighted by atomic mass is 10.4. The standard InChI is InChI=1S/C4H3BrN6O/c1-11-2(3(5)7-10-11)4(12)8-9-6/h1H3. The van der Waals surface area contributed by atoms with Gasteiger partial charge in [-0.25, -0.2) is 4.68 Å². The van der Waals surface area contributed by atoms with Crippen molar-refractivity contribution in [1.29, 1.82) is 0 Å². The van der Waals surface area contributed by atoms with E-state index in [4.69, 9.17) is 5.53 Å². The van der Waals surface area contributed by atoms with E-state index in [9.17, 15) is 4.79 Å². The van der Waals surface area contributed by atoms with Crippen LogP contribution in [0.1, 0.15) is 10.5 Å². The fraction of sp³-hybridized carbons (Fsp3) is 0.250. The summed E-state index contributed by atoms with van der Waals surface area (Å²) in [6.45, 7) is 0. The highest BCUT2D eigenvalue weighted by Crippen LogP contribution is 2.12. The number of carbonyl (C=O) groups is 1. The van der Waals surface area contributed by atoms with Gasteiger partial charge in [-0.2, -0.15) is 0 Å². The highest BCUT2D eigenvalue weighted by molar-refractivity contribution is 9.10. The first-order valence-electron chi connectivity index (χ1n) is 2.81. The van der Waals surface area contributed by atoms with Crippen molar-refractivity contribution in [2.24, 2.45) is 12.2 Å². The topological polar surface area (TPSA) is 96.5 Å². The van der Waals surface area contributed by atoms with Crippen molar-refractivity contribution in [3.63, 3.8) is 0 Å². The molecule has 0 aliphatic heterocycles. The Hall–Kier alpha value is -1.40. The van der Waals surface area contributed by atoms with Crippen LogP contribution in [0.25, 0.3) is 10.4 Å². The molecule has 0 fully saturated rings. The van der Waals surface area contributed by atoms with Crippen LogP contribution in [0.3, 0.4) is 0 Å². The fourth-order valence-corrected chi connectivity index (χ4v) is 1.14. The summed E-state index contributed by atoms with van der Waals surface area (Å²) in [7, 11) is 1.53. The minimum atomic E-state index is -0.711. The molecule has 0 aromatic carbocycles. The molecule has 1 aromatic heterocycles. The normalized spacial score (nSPS) is 9.17. The molecule has 62 valence electrons. The number of nitrogens with zero attached hydrogens (tertiary/aromatic N) is 6. The number of rotatable bonds is 1. The molecule has 0 saturated carbocycles. The minimum absolute atomic E-state index is 0.132. The molecule has 0 aliphatic carbocycles. The molecule has 1 heterocycles. The summed E-state index contributed by atoms with van der Waals surface area (Å²) >= 11 is 2.99. The zero-order valence-corrected chi connectivity index (χ0v) is 7.56. The first kappa shape index (κ1) is 8.69. The van der Waals surface area contributed by atoms with Crippen molar-refractivity contribution >= 4 is 21.8 Å². The Kier molecular flexibility index (Phi) is 2.41. The molecule has 0 N–H and O–H groups in total. The van der Waals surface area contributed by atoms with E-state index in [2.05, 4.69) is 36.3 Å². The summed E-state index contributed by atoms with van der Waals surface area (Å²) in [6.07, 6.45) is 0. The quantitative estimate of drug-likeness (QED) is 0.410. The fourth-order valence-electron chi connectivity index (χ4n) is 0.647. The maximum atomic E-state index is 11.0. The first-order valence-corrected chi connectivity index (χ1v) is 3.60. The van der Waals surface area contributed by atoms with Crippen molar-refractivity contribution in [3.8, 4) is 0 Å². The van der Waals surface area contributed by atoms with Gasteiger partial charge < -0.3 is 0 Å². The van der Waals surface area contributed by atoms with Gasteiger partial charge in [-0.1, -0.05) is 5.21 Å². The monoisotopic (exact) mass is 230 g/mol. The summed E-state index contributed by atoms with van der Waals surface area (Å²) < 4.78 is 1.49. The van der Waals surface area contributed by atoms with Gasteiger partial charge in [-0.3, -0.25) is 4.79 Å². The van der Waals surface area contributed by atoms with Crippen LogP contribution in [0, 0.1) is 0 Å². The molecule has 0 unspecified atom stereocenters. The van der Waals surface area contributed by atoms with Gasteiger partial charge in [0.05, 0.1) is 0 Å². The van der Waals surface area contributed by atoms with Crippen LogP contribution in [-0.2, 0) is 7.05 Å². The van der Waals surface area contributed by atoms with E-state index in [1.807, 2.05) is 0 Å². The number of hydrogen-bond acceptors (Lipinski definition) is 3. The molecule has 0 atom stereocenters. The van der Waals surface area contributed by atoms with Crippen LogP contribution < -0.4 is 0 Å². The number of carbonyl (C=O) groups excluding carboxylic acids is 1. The maximum absolute atomic E-state index is 11.0. The largest absolute Gasteiger partial charge is 0.285 e. The van der Waals surface area contributed by atoms with Crippen molar-refractivity contribution < 1.29 is 4.79 Å². The maximum Gasteiger partial charge on any atom is 0.269 e. The van der Waals surface area contributed by atoms with Crippen LogP contribution >= 0.6 is 15.9 Å². The molecule has 0 aliphatic rings. The summed E-state index contributed by atoms with van der Waals surface area (Å²) in [6, 6.07) is 0. The van der Waals surface area contributed by atoms with Crippen molar-refractivity contribution in [3.05, 3.63) is 20.7 Å². The minimum Gasteiger partial charge on any atom is -0.285 e. The summed E-state index contributed by atoms with van der Waals surface area (Å²) in [4.78, 5) is 13.4. The molecule has 0 spiro atoms. The molecule has 1 amide bonds. The van der Waals surface area contributed by atoms with Crippen molar-refractivity contribution in [1.82, 2.24) is 15.0 Å². The van der Waals surface area contributed by atoms with Gasteiger partial charge in [-0.15, -0.1) is 5.10 Å². The van der Waals surface area contributed by atoms with Crippen LogP contribution in [0.5, 0.6) is 0 Å². The molecule has 8 heteroatoms. The van der Waals surface area contributed by atoms with Gasteiger partial charge in [0.15, 0.2) is 4.60 Å². The van der Waals surface area contributed by atoms with Crippen LogP contribution in [-0.4, -0.2) is 20.9 Å². The Morgan fingerprint density at radius 1 is 1.83 bits per heavy atom. The third kappa shape index (κ3) is 1.44. The lowest BCUT2D eigenvalue weighted by molar-refractivity contribution is 0.0990. The van der Waals surface area contributed by atoms with Gasteiger partial charge in [0.1, 0.15) is 5.69 Å². The predicted octanol–water partition coefficient (Wildman–Crippen LogP) is 1.03. The zero-order chi connectivity index (χ0) is 9.14. The van der Waals surface area contributed by atoms with Gasteiger partial charge in [0.2, 0.25) is 0 Å². The number of azide groups is 1. The van der Waals surface area contributed by atoms with Gasteiger partial charge in [0, 0.05) is 12.0 Å². The van der Waals surface area contributed by atoms with E-state index in [1.165, 1.54) is 11.7 Å². The average Bonchev–Trinajstić information content (AvgIpc) is 2.32. The molecule has 0 bridgehead atoms. The Balaban J connectivity index is 3.17. The highest BCUT2D eigenvalue weighted by Gasteiger charge is 2.14. The second-order valence-electron chi connectivity index (χ2n) is 1.85. The zero-order valence-electron chi connectivity index (χ0n) is 5.97. The van der Waals surface area contributed by atoms with Crippen LogP contribution in [0.4, 0.5) is 0 Å². The third-order valence-electron chi connectivity index (χ3n) is 1.12. The highest BCUT2D eigenvalue weighted by atomic mass is 79.9. The smallest absolute Gasteiger partial charge is 0.269 e. The van der Waals surface area contributed by atoms with E-state index >= 15 is 0 Å². The van der Waals surface area contributed by atoms with E-state index in [0.717, 1.165) is 0 Å². The Morgan fingerprint density at radius 2 is 2.50 bits per heavy atom. The second-order valence-corrected chi connectivity index (χ2v) is 2.60. The Labute approximate surface area is 75.1 Å². The predicted molar refractivity (Wildman–Crippen MR) is 42.2 cm³/mol. The van der Waals surface area contributed by atoms with Gasteiger partial charge >= 0.3 is 0 Å². The van der Waals surface area contributed by atoms with E-state index in [0.29, 0.717) is 0 Å². The molecule has 1 rings (SSSR count). The number of halogens is 1. The average molecular weight is 231 g/mol. The van der Waals surface area contributed by atoms with Crippen molar-refractivity contribution in [2.45, 2.75) is 0 Å². The number of aryl methyl sites for hydroxylation is 1. The molecule has 1 aromatic rings. The molecular weight excluding hydrogens is 228 g/mol. The summed E-state index contributed by atoms with van der Waals surface area (Å²) in [5, 5.41) is 9.98. The molecule has 0 saturated heterocycles. The first-order chi connectivity index (χ1) is 5.66. The Morgan fingerprint density at radius 3 is 2.92 bits per heavy atom. The van der Waals surface area contributed by atoms with E-state index in [-0.39, 0.29) is 10.3 Å². The SMILES string of the molecule is Cn1nnc(Br)c1C(=O)N=[N+]=[N-]. The molecule has 12 heavy (non-hydrogen) atoms. The lowest BCUT2D eigenvalue weighted by Gasteiger charge is -1.92. The van der Waals surface area contributed by atoms with E-state index < -0.39 is 5.91 Å². The number of hydrogen-bond donors (Lipinski definition) is 0. The lowest BCUT2D eigenvalue weighted by Crippen LogP contribution is -2.04. The second kappa shape index (κ2) is 3.33. The third-order valence-corrected chi connectivity index (χ3v) is 1.66.